The van der Waals surface area contributed by atoms with Crippen LogP contribution in [0.3, 0.4) is 0 Å². The molecular weight excluding hydrogens is 382 g/mol. The smallest absolute Gasteiger partial charge is 0.412 e. The fourth-order valence-electron chi connectivity index (χ4n) is 3.14. The van der Waals surface area contributed by atoms with Crippen molar-refractivity contribution in [3.8, 4) is 11.3 Å². The SMILES string of the molecule is CC(C)(C)OC(=O)N1CCC[C@@]1(N)c1ccc(-c2ccc(Br)cc2)[nH]1. The van der Waals surface area contributed by atoms with Crippen molar-refractivity contribution in [2.24, 2.45) is 5.73 Å². The van der Waals surface area contributed by atoms with Crippen molar-refractivity contribution in [1.82, 2.24) is 9.88 Å². The number of aromatic nitrogens is 1. The molecule has 3 N–H and O–H groups in total. The predicted octanol–water partition coefficient (Wildman–Crippen LogP) is 4.59. The van der Waals surface area contributed by atoms with Gasteiger partial charge < -0.3 is 15.5 Å². The third-order valence-electron chi connectivity index (χ3n) is 4.34. The zero-order valence-electron chi connectivity index (χ0n) is 14.8. The molecule has 0 aliphatic carbocycles. The van der Waals surface area contributed by atoms with Gasteiger partial charge in [0.25, 0.3) is 0 Å². The topological polar surface area (TPSA) is 71.3 Å². The Balaban J connectivity index is 1.87. The van der Waals surface area contributed by atoms with Gasteiger partial charge >= 0.3 is 6.09 Å². The Morgan fingerprint density at radius 3 is 2.56 bits per heavy atom. The van der Waals surface area contributed by atoms with E-state index in [9.17, 15) is 4.79 Å². The molecule has 1 aliphatic rings. The van der Waals surface area contributed by atoms with Gasteiger partial charge in [-0.05, 0) is 63.4 Å². The Morgan fingerprint density at radius 2 is 1.92 bits per heavy atom. The highest BCUT2D eigenvalue weighted by Crippen LogP contribution is 2.36. The van der Waals surface area contributed by atoms with Gasteiger partial charge in [0.1, 0.15) is 11.3 Å². The molecule has 0 spiro atoms. The van der Waals surface area contributed by atoms with E-state index in [2.05, 4.69) is 20.9 Å². The Labute approximate surface area is 156 Å². The summed E-state index contributed by atoms with van der Waals surface area (Å²) in [4.78, 5) is 17.6. The number of rotatable bonds is 2. The quantitative estimate of drug-likeness (QED) is 0.767. The largest absolute Gasteiger partial charge is 0.444 e. The summed E-state index contributed by atoms with van der Waals surface area (Å²) in [6, 6.07) is 12.0. The highest BCUT2D eigenvalue weighted by atomic mass is 79.9. The monoisotopic (exact) mass is 405 g/mol. The lowest BCUT2D eigenvalue weighted by Gasteiger charge is -2.35. The van der Waals surface area contributed by atoms with Crippen LogP contribution in [-0.4, -0.2) is 28.1 Å². The molecular formula is C19H24BrN3O2. The summed E-state index contributed by atoms with van der Waals surface area (Å²) in [6.07, 6.45) is 1.18. The number of carbonyl (C=O) groups is 1. The van der Waals surface area contributed by atoms with E-state index in [1.807, 2.05) is 57.2 Å². The molecule has 1 fully saturated rings. The minimum Gasteiger partial charge on any atom is -0.444 e. The van der Waals surface area contributed by atoms with Crippen LogP contribution in [-0.2, 0) is 10.4 Å². The van der Waals surface area contributed by atoms with Gasteiger partial charge in [-0.3, -0.25) is 4.90 Å². The molecule has 2 aromatic rings. The number of nitrogens with two attached hydrogens (primary N) is 1. The molecule has 25 heavy (non-hydrogen) atoms. The van der Waals surface area contributed by atoms with E-state index in [0.29, 0.717) is 13.0 Å². The maximum atomic E-state index is 12.6. The van der Waals surface area contributed by atoms with Gasteiger partial charge in [0.05, 0.1) is 5.69 Å². The lowest BCUT2D eigenvalue weighted by molar-refractivity contribution is 0.00722. The number of nitrogens with zero attached hydrogens (tertiary/aromatic N) is 1. The van der Waals surface area contributed by atoms with Gasteiger partial charge in [0.2, 0.25) is 0 Å². The van der Waals surface area contributed by atoms with Crippen molar-refractivity contribution >= 4 is 22.0 Å². The van der Waals surface area contributed by atoms with Crippen molar-refractivity contribution in [1.29, 1.82) is 0 Å². The number of aromatic amines is 1. The van der Waals surface area contributed by atoms with Crippen LogP contribution in [0.2, 0.25) is 0 Å². The van der Waals surface area contributed by atoms with Crippen LogP contribution in [0.1, 0.15) is 39.3 Å². The molecule has 2 heterocycles. The summed E-state index contributed by atoms with van der Waals surface area (Å²) >= 11 is 3.44. The Hall–Kier alpha value is -1.79. The molecule has 0 saturated carbocycles. The number of likely N-dealkylation sites (tertiary alicyclic amines) is 1. The first-order valence-corrected chi connectivity index (χ1v) is 9.23. The number of hydrogen-bond acceptors (Lipinski definition) is 3. The van der Waals surface area contributed by atoms with Gasteiger partial charge in [0.15, 0.2) is 0 Å². The second-order valence-electron chi connectivity index (χ2n) is 7.45. The molecule has 1 aromatic heterocycles. The van der Waals surface area contributed by atoms with E-state index in [1.54, 1.807) is 4.90 Å². The molecule has 1 atom stereocenters. The first kappa shape index (κ1) is 18.0. The summed E-state index contributed by atoms with van der Waals surface area (Å²) < 4.78 is 6.56. The number of amides is 1. The molecule has 0 unspecified atom stereocenters. The average Bonchev–Trinajstić information content (AvgIpc) is 3.14. The number of halogens is 1. The van der Waals surface area contributed by atoms with Crippen LogP contribution in [0.15, 0.2) is 40.9 Å². The third kappa shape index (κ3) is 3.75. The number of benzene rings is 1. The lowest BCUT2D eigenvalue weighted by atomic mass is 10.0. The zero-order valence-corrected chi connectivity index (χ0v) is 16.4. The maximum absolute atomic E-state index is 12.6. The highest BCUT2D eigenvalue weighted by Gasteiger charge is 2.44. The van der Waals surface area contributed by atoms with E-state index in [0.717, 1.165) is 27.8 Å². The lowest BCUT2D eigenvalue weighted by Crippen LogP contribution is -2.53. The van der Waals surface area contributed by atoms with Crippen molar-refractivity contribution in [2.75, 3.05) is 6.54 Å². The van der Waals surface area contributed by atoms with Crippen LogP contribution in [0, 0.1) is 0 Å². The normalized spacial score (nSPS) is 20.8. The first-order chi connectivity index (χ1) is 11.7. The minimum atomic E-state index is -0.865. The molecule has 1 amide bonds. The minimum absolute atomic E-state index is 0.368. The molecule has 3 rings (SSSR count). The van der Waals surface area contributed by atoms with Crippen molar-refractivity contribution < 1.29 is 9.53 Å². The second kappa shape index (κ2) is 6.50. The average molecular weight is 406 g/mol. The number of nitrogens with one attached hydrogen (secondary N) is 1. The Kier molecular flexibility index (Phi) is 4.68. The van der Waals surface area contributed by atoms with Crippen molar-refractivity contribution in [2.45, 2.75) is 44.9 Å². The molecule has 1 aliphatic heterocycles. The Bertz CT molecular complexity index is 764. The van der Waals surface area contributed by atoms with Gasteiger partial charge in [-0.1, -0.05) is 28.1 Å². The third-order valence-corrected chi connectivity index (χ3v) is 4.87. The number of carbonyl (C=O) groups excluding carboxylic acids is 1. The molecule has 1 saturated heterocycles. The van der Waals surface area contributed by atoms with Crippen LogP contribution >= 0.6 is 15.9 Å². The molecule has 1 aromatic carbocycles. The second-order valence-corrected chi connectivity index (χ2v) is 8.37. The van der Waals surface area contributed by atoms with E-state index in [1.165, 1.54) is 0 Å². The van der Waals surface area contributed by atoms with Gasteiger partial charge in [-0.2, -0.15) is 0 Å². The summed E-state index contributed by atoms with van der Waals surface area (Å²) in [7, 11) is 0. The molecule has 134 valence electrons. The van der Waals surface area contributed by atoms with Gasteiger partial charge in [0, 0.05) is 16.7 Å². The summed E-state index contributed by atoms with van der Waals surface area (Å²) in [5.74, 6) is 0. The van der Waals surface area contributed by atoms with Crippen LogP contribution < -0.4 is 5.73 Å². The van der Waals surface area contributed by atoms with Crippen molar-refractivity contribution in [3.05, 3.63) is 46.6 Å². The zero-order chi connectivity index (χ0) is 18.2. The van der Waals surface area contributed by atoms with Gasteiger partial charge in [-0.25, -0.2) is 4.79 Å². The number of H-pyrrole nitrogens is 1. The van der Waals surface area contributed by atoms with E-state index >= 15 is 0 Å². The van der Waals surface area contributed by atoms with Crippen LogP contribution in [0.5, 0.6) is 0 Å². The summed E-state index contributed by atoms with van der Waals surface area (Å²) in [6.45, 7) is 6.18. The van der Waals surface area contributed by atoms with Crippen LogP contribution in [0.25, 0.3) is 11.3 Å². The van der Waals surface area contributed by atoms with Gasteiger partial charge in [-0.15, -0.1) is 0 Å². The fourth-order valence-corrected chi connectivity index (χ4v) is 3.40. The van der Waals surface area contributed by atoms with E-state index in [4.69, 9.17) is 10.5 Å². The van der Waals surface area contributed by atoms with Crippen molar-refractivity contribution in [3.63, 3.8) is 0 Å². The molecule has 0 bridgehead atoms. The maximum Gasteiger partial charge on any atom is 0.412 e. The number of ether oxygens (including phenoxy) is 1. The summed E-state index contributed by atoms with van der Waals surface area (Å²) in [5, 5.41) is 0. The molecule has 6 heteroatoms. The standard InChI is InChI=1S/C19H24BrN3O2/c1-18(2,3)25-17(24)23-12-4-11-19(23,21)16-10-9-15(22-16)13-5-7-14(20)8-6-13/h5-10,22H,4,11-12,21H2,1-3H3/t19-/m0/s1. The summed E-state index contributed by atoms with van der Waals surface area (Å²) in [5.41, 5.74) is 8.11. The molecule has 0 radical (unpaired) electrons. The van der Waals surface area contributed by atoms with E-state index in [-0.39, 0.29) is 6.09 Å². The van der Waals surface area contributed by atoms with Crippen LogP contribution in [0.4, 0.5) is 4.79 Å². The predicted molar refractivity (Wildman–Crippen MR) is 102 cm³/mol. The molecule has 5 nitrogen and oxygen atoms in total. The highest BCUT2D eigenvalue weighted by molar-refractivity contribution is 9.10. The Morgan fingerprint density at radius 1 is 1.24 bits per heavy atom. The van der Waals surface area contributed by atoms with E-state index < -0.39 is 11.3 Å². The first-order valence-electron chi connectivity index (χ1n) is 8.44. The number of hydrogen-bond donors (Lipinski definition) is 2. The fraction of sp³-hybridized carbons (Fsp3) is 0.421.